The Balaban J connectivity index is 1.13. The molecule has 6 rings (SSSR count). The van der Waals surface area contributed by atoms with Gasteiger partial charge in [0, 0.05) is 38.8 Å². The molecule has 0 radical (unpaired) electrons. The van der Waals surface area contributed by atoms with Gasteiger partial charge in [0.15, 0.2) is 11.5 Å². The van der Waals surface area contributed by atoms with E-state index in [1.165, 1.54) is 10.4 Å². The van der Waals surface area contributed by atoms with E-state index in [0.717, 1.165) is 35.3 Å². The summed E-state index contributed by atoms with van der Waals surface area (Å²) in [4.78, 5) is 15.6. The van der Waals surface area contributed by atoms with Crippen molar-refractivity contribution >= 4 is 15.9 Å². The molecule has 10 heteroatoms. The normalized spacial score (nSPS) is 20.2. The highest BCUT2D eigenvalue weighted by molar-refractivity contribution is 7.89. The van der Waals surface area contributed by atoms with Crippen LogP contribution in [0, 0.1) is 0 Å². The van der Waals surface area contributed by atoms with Crippen LogP contribution in [0.4, 0.5) is 0 Å². The predicted molar refractivity (Wildman–Crippen MR) is 137 cm³/mol. The average molecular weight is 526 g/mol. The average Bonchev–Trinajstić information content (AvgIpc) is 3.48. The molecule has 1 atom stereocenters. The van der Waals surface area contributed by atoms with Crippen molar-refractivity contribution in [2.24, 2.45) is 0 Å². The molecule has 1 fully saturated rings. The number of nitrogens with one attached hydrogen (secondary N) is 1. The van der Waals surface area contributed by atoms with Gasteiger partial charge in [-0.15, -0.1) is 0 Å². The third-order valence-electron chi connectivity index (χ3n) is 7.25. The van der Waals surface area contributed by atoms with Crippen LogP contribution in [-0.4, -0.2) is 82.6 Å². The Kier molecular flexibility index (Phi) is 6.34. The Morgan fingerprint density at radius 1 is 1.03 bits per heavy atom. The fourth-order valence-corrected chi connectivity index (χ4v) is 6.61. The number of likely N-dealkylation sites (N-methyl/N-ethyl adjacent to an activating group) is 1. The van der Waals surface area contributed by atoms with Gasteiger partial charge in [0.2, 0.25) is 15.9 Å². The van der Waals surface area contributed by atoms with Gasteiger partial charge >= 0.3 is 0 Å². The number of nitrogens with zero attached hydrogens (tertiary/aromatic N) is 2. The maximum absolute atomic E-state index is 13.6. The third-order valence-corrected chi connectivity index (χ3v) is 9.04. The molecule has 0 bridgehead atoms. The lowest BCUT2D eigenvalue weighted by Crippen LogP contribution is -2.40. The van der Waals surface area contributed by atoms with Gasteiger partial charge in [0.05, 0.1) is 16.9 Å². The number of benzene rings is 2. The number of rotatable bonds is 8. The Labute approximate surface area is 217 Å². The van der Waals surface area contributed by atoms with Gasteiger partial charge < -0.3 is 24.4 Å². The number of carbonyl (C=O) groups excluding carboxylic acids is 1. The topological polar surface area (TPSA) is 97.4 Å². The number of carbonyl (C=O) groups is 1. The van der Waals surface area contributed by atoms with E-state index < -0.39 is 10.0 Å². The molecule has 0 aromatic heterocycles. The minimum Gasteiger partial charge on any atom is -0.490 e. The fourth-order valence-electron chi connectivity index (χ4n) is 5.16. The van der Waals surface area contributed by atoms with Gasteiger partial charge in [-0.05, 0) is 60.9 Å². The SMILES string of the molecule is CNC[C@H](C(=O)N1CC2=C(C1)CN(S(=O)(=O)c1ccc3c(c1)OCCO3)C2)c1cccc(OC2CC2)c1. The summed E-state index contributed by atoms with van der Waals surface area (Å²) in [6.45, 7) is 2.82. The smallest absolute Gasteiger partial charge is 0.243 e. The molecular weight excluding hydrogens is 494 g/mol. The summed E-state index contributed by atoms with van der Waals surface area (Å²) in [5.41, 5.74) is 2.93. The maximum Gasteiger partial charge on any atom is 0.243 e. The molecule has 1 N–H and O–H groups in total. The van der Waals surface area contributed by atoms with Crippen molar-refractivity contribution < 1.29 is 27.4 Å². The zero-order valence-electron chi connectivity index (χ0n) is 20.8. The van der Waals surface area contributed by atoms with Crippen LogP contribution < -0.4 is 19.5 Å². The first kappa shape index (κ1) is 24.3. The van der Waals surface area contributed by atoms with Crippen molar-refractivity contribution in [2.75, 3.05) is 53.0 Å². The van der Waals surface area contributed by atoms with E-state index in [-0.39, 0.29) is 29.8 Å². The molecule has 2 aromatic rings. The lowest BCUT2D eigenvalue weighted by atomic mass is 9.97. The lowest BCUT2D eigenvalue weighted by Gasteiger charge is -2.27. The number of ether oxygens (including phenoxy) is 3. The highest BCUT2D eigenvalue weighted by Crippen LogP contribution is 2.36. The Hall–Kier alpha value is -3.08. The summed E-state index contributed by atoms with van der Waals surface area (Å²) >= 11 is 0. The number of fused-ring (bicyclic) bond motifs is 1. The van der Waals surface area contributed by atoms with Crippen LogP contribution in [-0.2, 0) is 14.8 Å². The molecule has 0 saturated heterocycles. The van der Waals surface area contributed by atoms with Gasteiger partial charge in [-0.25, -0.2) is 8.42 Å². The standard InChI is InChI=1S/C27H31N3O6S/c1-28-13-24(18-3-2-4-22(11-18)36-21-5-6-21)27(31)29-14-19-16-30(17-20(19)15-29)37(32,33)23-7-8-25-26(12-23)35-10-9-34-25/h2-4,7-8,11-12,21,24,28H,5-6,9-10,13-17H2,1H3/t24-/m0/s1. The Bertz CT molecular complexity index is 1340. The highest BCUT2D eigenvalue weighted by Gasteiger charge is 2.39. The molecule has 0 spiro atoms. The Morgan fingerprint density at radius 2 is 1.76 bits per heavy atom. The second kappa shape index (κ2) is 9.66. The van der Waals surface area contributed by atoms with Crippen molar-refractivity contribution in [1.82, 2.24) is 14.5 Å². The van der Waals surface area contributed by atoms with Crippen LogP contribution >= 0.6 is 0 Å². The number of sulfonamides is 1. The summed E-state index contributed by atoms with van der Waals surface area (Å²) in [6, 6.07) is 12.6. The van der Waals surface area contributed by atoms with Crippen molar-refractivity contribution in [3.63, 3.8) is 0 Å². The summed E-state index contributed by atoms with van der Waals surface area (Å²) in [5, 5.41) is 3.15. The minimum atomic E-state index is -3.70. The second-order valence-corrected chi connectivity index (χ2v) is 11.9. The van der Waals surface area contributed by atoms with Crippen LogP contribution in [0.25, 0.3) is 0 Å². The van der Waals surface area contributed by atoms with E-state index in [2.05, 4.69) is 5.32 Å². The molecule has 1 aliphatic carbocycles. The van der Waals surface area contributed by atoms with E-state index in [9.17, 15) is 13.2 Å². The highest BCUT2D eigenvalue weighted by atomic mass is 32.2. The molecule has 1 amide bonds. The van der Waals surface area contributed by atoms with Gasteiger partial charge in [-0.2, -0.15) is 4.31 Å². The van der Waals surface area contributed by atoms with E-state index in [1.807, 2.05) is 36.2 Å². The van der Waals surface area contributed by atoms with Crippen molar-refractivity contribution in [2.45, 2.75) is 29.8 Å². The van der Waals surface area contributed by atoms with Crippen LogP contribution in [0.2, 0.25) is 0 Å². The third kappa shape index (κ3) is 4.81. The van der Waals surface area contributed by atoms with Crippen molar-refractivity contribution in [1.29, 1.82) is 0 Å². The van der Waals surface area contributed by atoms with E-state index in [0.29, 0.717) is 50.5 Å². The second-order valence-electron chi connectivity index (χ2n) is 9.98. The molecular formula is C27H31N3O6S. The molecule has 2 aromatic carbocycles. The lowest BCUT2D eigenvalue weighted by molar-refractivity contribution is -0.131. The van der Waals surface area contributed by atoms with E-state index in [4.69, 9.17) is 14.2 Å². The zero-order chi connectivity index (χ0) is 25.6. The molecule has 196 valence electrons. The number of amides is 1. The fraction of sp³-hybridized carbons (Fsp3) is 0.444. The Morgan fingerprint density at radius 3 is 2.46 bits per heavy atom. The number of hydrogen-bond acceptors (Lipinski definition) is 7. The molecule has 1 saturated carbocycles. The quantitative estimate of drug-likeness (QED) is 0.528. The maximum atomic E-state index is 13.6. The van der Waals surface area contributed by atoms with Gasteiger partial charge in [0.1, 0.15) is 19.0 Å². The predicted octanol–water partition coefficient (Wildman–Crippen LogP) is 2.15. The molecule has 4 aliphatic rings. The van der Waals surface area contributed by atoms with Crippen molar-refractivity contribution in [3.8, 4) is 17.2 Å². The molecule has 3 aliphatic heterocycles. The minimum absolute atomic E-state index is 0.0357. The molecule has 0 unspecified atom stereocenters. The van der Waals surface area contributed by atoms with Gasteiger partial charge in [0.25, 0.3) is 0 Å². The first-order chi connectivity index (χ1) is 17.9. The summed E-state index contributed by atoms with van der Waals surface area (Å²) in [6.07, 6.45) is 2.45. The van der Waals surface area contributed by atoms with Crippen molar-refractivity contribution in [3.05, 3.63) is 59.2 Å². The van der Waals surface area contributed by atoms with Gasteiger partial charge in [-0.3, -0.25) is 4.79 Å². The van der Waals surface area contributed by atoms with E-state index in [1.54, 1.807) is 12.1 Å². The van der Waals surface area contributed by atoms with Crippen LogP contribution in [0.1, 0.15) is 24.3 Å². The summed E-state index contributed by atoms with van der Waals surface area (Å²) in [7, 11) is -1.86. The van der Waals surface area contributed by atoms with Crippen LogP contribution in [0.3, 0.4) is 0 Å². The summed E-state index contributed by atoms with van der Waals surface area (Å²) < 4.78 is 45.2. The first-order valence-electron chi connectivity index (χ1n) is 12.7. The summed E-state index contributed by atoms with van der Waals surface area (Å²) in [5.74, 6) is 1.50. The molecule has 3 heterocycles. The largest absolute Gasteiger partial charge is 0.490 e. The number of hydrogen-bond donors (Lipinski definition) is 1. The van der Waals surface area contributed by atoms with E-state index >= 15 is 0 Å². The molecule has 9 nitrogen and oxygen atoms in total. The van der Waals surface area contributed by atoms with Crippen LogP contribution in [0.5, 0.6) is 17.2 Å². The monoisotopic (exact) mass is 525 g/mol. The first-order valence-corrected chi connectivity index (χ1v) is 14.2. The van der Waals surface area contributed by atoms with Gasteiger partial charge in [-0.1, -0.05) is 12.1 Å². The van der Waals surface area contributed by atoms with Crippen LogP contribution in [0.15, 0.2) is 58.5 Å². The zero-order valence-corrected chi connectivity index (χ0v) is 21.6. The molecule has 37 heavy (non-hydrogen) atoms.